The van der Waals surface area contributed by atoms with E-state index < -0.39 is 35.1 Å². The van der Waals surface area contributed by atoms with E-state index in [0.29, 0.717) is 21.3 Å². The summed E-state index contributed by atoms with van der Waals surface area (Å²) in [6.07, 6.45) is -0.739. The van der Waals surface area contributed by atoms with Crippen LogP contribution in [0.4, 0.5) is 4.79 Å². The summed E-state index contributed by atoms with van der Waals surface area (Å²) in [6.45, 7) is 6.97. The number of amides is 2. The van der Waals surface area contributed by atoms with Gasteiger partial charge < -0.3 is 24.6 Å². The highest BCUT2D eigenvalue weighted by molar-refractivity contribution is 9.10. The lowest BCUT2D eigenvalue weighted by Gasteiger charge is -2.36. The number of carboxylic acid groups (broad SMARTS) is 1. The van der Waals surface area contributed by atoms with Gasteiger partial charge in [-0.3, -0.25) is 19.3 Å². The van der Waals surface area contributed by atoms with Crippen LogP contribution in [0.25, 0.3) is 0 Å². The van der Waals surface area contributed by atoms with E-state index in [0.717, 1.165) is 7.11 Å². The molecule has 1 aromatic rings. The van der Waals surface area contributed by atoms with Crippen LogP contribution in [0.1, 0.15) is 37.5 Å². The largest absolute Gasteiger partial charge is 0.480 e. The van der Waals surface area contributed by atoms with Crippen LogP contribution in [0.15, 0.2) is 4.60 Å². The maximum atomic E-state index is 12.6. The number of nitrogens with one attached hydrogen (secondary N) is 1. The molecule has 2 unspecified atom stereocenters. The number of halogens is 1. The van der Waals surface area contributed by atoms with E-state index in [1.54, 1.807) is 27.7 Å². The number of esters is 1. The third kappa shape index (κ3) is 4.96. The number of carbonyl (C=O) groups excluding carboxylic acids is 3. The number of hydrogen-bond donors (Lipinski definition) is 2. The van der Waals surface area contributed by atoms with Crippen molar-refractivity contribution in [3.8, 4) is 5.88 Å². The summed E-state index contributed by atoms with van der Waals surface area (Å²) in [5.74, 6) is -2.16. The molecular weight excluding hydrogens is 514 g/mol. The number of nitrogens with zero attached hydrogens (tertiary/aromatic N) is 2. The van der Waals surface area contributed by atoms with Gasteiger partial charge in [-0.05, 0) is 54.8 Å². The molecule has 2 heterocycles. The molecule has 1 aliphatic heterocycles. The minimum atomic E-state index is -1.73. The average molecular weight is 542 g/mol. The molecule has 11 nitrogen and oxygen atoms in total. The molecule has 0 bridgehead atoms. The van der Waals surface area contributed by atoms with Crippen molar-refractivity contribution in [3.05, 3.63) is 21.3 Å². The molecule has 1 saturated heterocycles. The zero-order valence-electron chi connectivity index (χ0n) is 19.7. The highest BCUT2D eigenvalue weighted by atomic mass is 79.9. The average Bonchev–Trinajstić information content (AvgIpc) is 3.17. The van der Waals surface area contributed by atoms with Crippen molar-refractivity contribution in [2.45, 2.75) is 52.2 Å². The summed E-state index contributed by atoms with van der Waals surface area (Å²) in [4.78, 5) is 54.6. The van der Waals surface area contributed by atoms with Crippen molar-refractivity contribution >= 4 is 39.9 Å². The fraction of sp³-hybridized carbons (Fsp3) is 0.591. The third-order valence-corrected chi connectivity index (χ3v) is 6.52. The molecule has 0 saturated carbocycles. The van der Waals surface area contributed by atoms with E-state index in [4.69, 9.17) is 14.2 Å². The van der Waals surface area contributed by atoms with Gasteiger partial charge in [0.2, 0.25) is 11.8 Å². The summed E-state index contributed by atoms with van der Waals surface area (Å²) in [5.41, 5.74) is -0.612. The number of aromatic nitrogens is 1. The first-order valence-corrected chi connectivity index (χ1v) is 11.5. The molecule has 2 N–H and O–H groups in total. The lowest BCUT2D eigenvalue weighted by atomic mass is 9.84. The molecule has 34 heavy (non-hydrogen) atoms. The van der Waals surface area contributed by atoms with Gasteiger partial charge in [0.15, 0.2) is 5.41 Å². The van der Waals surface area contributed by atoms with Crippen molar-refractivity contribution in [3.63, 3.8) is 0 Å². The lowest BCUT2D eigenvalue weighted by molar-refractivity contribution is -0.166. The van der Waals surface area contributed by atoms with Crippen LogP contribution < -0.4 is 10.1 Å². The Labute approximate surface area is 205 Å². The first-order chi connectivity index (χ1) is 15.8. The molecule has 0 spiro atoms. The van der Waals surface area contributed by atoms with E-state index in [9.17, 15) is 24.3 Å². The number of aliphatic carboxylic acids is 1. The van der Waals surface area contributed by atoms with Gasteiger partial charge in [0.25, 0.3) is 0 Å². The molecule has 1 aliphatic carbocycles. The fourth-order valence-corrected chi connectivity index (χ4v) is 4.60. The van der Waals surface area contributed by atoms with Gasteiger partial charge in [-0.2, -0.15) is 0 Å². The van der Waals surface area contributed by atoms with Gasteiger partial charge in [-0.1, -0.05) is 0 Å². The van der Waals surface area contributed by atoms with Gasteiger partial charge in [0.05, 0.1) is 13.2 Å². The van der Waals surface area contributed by atoms with E-state index in [-0.39, 0.29) is 44.3 Å². The van der Waals surface area contributed by atoms with Crippen molar-refractivity contribution < 1.29 is 38.5 Å². The number of ether oxygens (including phenoxy) is 3. The Bertz CT molecular complexity index is 1040. The Morgan fingerprint density at radius 3 is 2.50 bits per heavy atom. The normalized spacial score (nSPS) is 22.0. The smallest absolute Gasteiger partial charge is 0.411 e. The Kier molecular flexibility index (Phi) is 7.11. The van der Waals surface area contributed by atoms with Crippen LogP contribution in [0, 0.1) is 12.3 Å². The van der Waals surface area contributed by atoms with Gasteiger partial charge in [0.1, 0.15) is 23.4 Å². The zero-order chi connectivity index (χ0) is 25.4. The molecule has 1 fully saturated rings. The molecule has 0 aromatic carbocycles. The van der Waals surface area contributed by atoms with Crippen molar-refractivity contribution in [1.82, 2.24) is 15.2 Å². The summed E-state index contributed by atoms with van der Waals surface area (Å²) in [6, 6.07) is -0.506. The minimum absolute atomic E-state index is 0.0136. The highest BCUT2D eigenvalue weighted by Crippen LogP contribution is 2.44. The number of hydrogen-bond acceptors (Lipinski definition) is 8. The Morgan fingerprint density at radius 2 is 1.91 bits per heavy atom. The van der Waals surface area contributed by atoms with Crippen molar-refractivity contribution in [2.24, 2.45) is 5.41 Å². The number of fused-ring (bicyclic) bond motifs is 1. The molecule has 12 heteroatoms. The molecule has 2 aliphatic rings. The van der Waals surface area contributed by atoms with Crippen LogP contribution in [0.5, 0.6) is 5.88 Å². The van der Waals surface area contributed by atoms with E-state index >= 15 is 0 Å². The predicted molar refractivity (Wildman–Crippen MR) is 121 cm³/mol. The molecule has 2 amide bonds. The Hall–Kier alpha value is -2.89. The van der Waals surface area contributed by atoms with Crippen LogP contribution in [0.3, 0.4) is 0 Å². The number of carbonyl (C=O) groups is 4. The van der Waals surface area contributed by atoms with Crippen molar-refractivity contribution in [2.75, 3.05) is 26.8 Å². The van der Waals surface area contributed by atoms with Crippen LogP contribution in [0.2, 0.25) is 0 Å². The second kappa shape index (κ2) is 9.40. The minimum Gasteiger partial charge on any atom is -0.480 e. The molecule has 3 rings (SSSR count). The summed E-state index contributed by atoms with van der Waals surface area (Å²) < 4.78 is 16.5. The molecule has 0 radical (unpaired) electrons. The maximum Gasteiger partial charge on any atom is 0.411 e. The van der Waals surface area contributed by atoms with Gasteiger partial charge in [-0.25, -0.2) is 9.78 Å². The van der Waals surface area contributed by atoms with Gasteiger partial charge in [-0.15, -0.1) is 0 Å². The van der Waals surface area contributed by atoms with Crippen LogP contribution in [-0.4, -0.2) is 77.4 Å². The lowest BCUT2D eigenvalue weighted by Crippen LogP contribution is -2.59. The second-order valence-electron chi connectivity index (χ2n) is 9.40. The third-order valence-electron chi connectivity index (χ3n) is 5.86. The summed E-state index contributed by atoms with van der Waals surface area (Å²) in [7, 11) is 1.16. The second-order valence-corrected chi connectivity index (χ2v) is 10.2. The summed E-state index contributed by atoms with van der Waals surface area (Å²) >= 11 is 3.37. The number of pyridine rings is 1. The van der Waals surface area contributed by atoms with Gasteiger partial charge >= 0.3 is 18.0 Å². The number of methoxy groups -OCH3 is 1. The first-order valence-electron chi connectivity index (χ1n) is 10.7. The number of piperazine rings is 1. The van der Waals surface area contributed by atoms with Gasteiger partial charge in [0, 0.05) is 24.9 Å². The van der Waals surface area contributed by atoms with E-state index in [1.165, 1.54) is 4.90 Å². The summed E-state index contributed by atoms with van der Waals surface area (Å²) in [5, 5.41) is 12.5. The standard InChI is InChI=1S/C22H28BrN3O8/c1-11-13-6-22(18(28)29,19(30)32-5)7-14(13)16(23)25-17(11)33-10-12-8-24-15(27)9-26(12)20(31)34-21(2,3)4/h12H,6-10H2,1-5H3,(H,24,27)(H,28,29). The molecule has 186 valence electrons. The molecular formula is C22H28BrN3O8. The highest BCUT2D eigenvalue weighted by Gasteiger charge is 2.53. The quantitative estimate of drug-likeness (QED) is 0.322. The topological polar surface area (TPSA) is 144 Å². The van der Waals surface area contributed by atoms with E-state index in [1.807, 2.05) is 0 Å². The van der Waals surface area contributed by atoms with E-state index in [2.05, 4.69) is 26.2 Å². The van der Waals surface area contributed by atoms with Crippen LogP contribution in [-0.2, 0) is 36.7 Å². The Balaban J connectivity index is 1.83. The Morgan fingerprint density at radius 1 is 1.26 bits per heavy atom. The molecule has 2 atom stereocenters. The number of rotatable bonds is 5. The zero-order valence-corrected chi connectivity index (χ0v) is 21.3. The molecule has 1 aromatic heterocycles. The monoisotopic (exact) mass is 541 g/mol. The maximum absolute atomic E-state index is 12.6. The SMILES string of the molecule is COC(=O)C1(C(=O)O)Cc2c(Br)nc(OCC3CNC(=O)CN3C(=O)OC(C)(C)C)c(C)c2C1. The predicted octanol–water partition coefficient (Wildman–Crippen LogP) is 1.61. The van der Waals surface area contributed by atoms with Crippen molar-refractivity contribution in [1.29, 1.82) is 0 Å². The number of carboxylic acids is 1. The first kappa shape index (κ1) is 25.7. The van der Waals surface area contributed by atoms with Crippen LogP contribution >= 0.6 is 15.9 Å². The fourth-order valence-electron chi connectivity index (χ4n) is 4.06.